The van der Waals surface area contributed by atoms with Gasteiger partial charge in [-0.25, -0.2) is 24.3 Å². The molecule has 3 aromatic heterocycles. The van der Waals surface area contributed by atoms with E-state index in [1.165, 1.54) is 29.4 Å². The zero-order chi connectivity index (χ0) is 23.3. The second-order valence-corrected chi connectivity index (χ2v) is 8.43. The van der Waals surface area contributed by atoms with Crippen molar-refractivity contribution in [2.24, 2.45) is 0 Å². The number of hydrogen-bond acceptors (Lipinski definition) is 6. The second-order valence-electron chi connectivity index (χ2n) is 7.18. The first kappa shape index (κ1) is 21.6. The lowest BCUT2D eigenvalue weighted by Crippen LogP contribution is -2.28. The van der Waals surface area contributed by atoms with Gasteiger partial charge in [-0.05, 0) is 37.3 Å². The number of rotatable bonds is 4. The van der Waals surface area contributed by atoms with E-state index >= 15 is 0 Å². The standard InChI is InChI=1S/C21H13Cl3FN7O/c1-9(30-19-17-18(27-7-26-17)28-8-29-19)20-31-14-3-2-13(25)16(24)15(14)21(33)32(20)12-5-10(22)4-11(23)6-12/h2-9H,1H3,(H2,26,27,28,29,30). The first-order chi connectivity index (χ1) is 15.8. The maximum atomic E-state index is 14.2. The van der Waals surface area contributed by atoms with Crippen molar-refractivity contribution < 1.29 is 4.39 Å². The van der Waals surface area contributed by atoms with Crippen LogP contribution in [0.4, 0.5) is 10.2 Å². The average molecular weight is 505 g/mol. The average Bonchev–Trinajstić information content (AvgIpc) is 3.25. The van der Waals surface area contributed by atoms with E-state index in [1.54, 1.807) is 19.1 Å². The fraction of sp³-hybridized carbons (Fsp3) is 0.0952. The van der Waals surface area contributed by atoms with Crippen molar-refractivity contribution in [3.8, 4) is 5.69 Å². The molecule has 0 aliphatic rings. The SMILES string of the molecule is CC(Nc1ncnc2[nH]cnc12)c1nc2ccc(F)c(Cl)c2c(=O)n1-c1cc(Cl)cc(Cl)c1. The van der Waals surface area contributed by atoms with E-state index < -0.39 is 17.4 Å². The van der Waals surface area contributed by atoms with Crippen LogP contribution in [0.2, 0.25) is 15.1 Å². The highest BCUT2D eigenvalue weighted by atomic mass is 35.5. The van der Waals surface area contributed by atoms with Crippen LogP contribution in [0.5, 0.6) is 0 Å². The molecule has 8 nitrogen and oxygen atoms in total. The molecule has 12 heteroatoms. The maximum absolute atomic E-state index is 14.2. The first-order valence-electron chi connectivity index (χ1n) is 9.61. The number of fused-ring (bicyclic) bond motifs is 2. The Morgan fingerprint density at radius 1 is 1.09 bits per heavy atom. The number of H-pyrrole nitrogens is 1. The fourth-order valence-electron chi connectivity index (χ4n) is 3.57. The van der Waals surface area contributed by atoms with Crippen LogP contribution in [-0.2, 0) is 0 Å². The van der Waals surface area contributed by atoms with E-state index in [0.29, 0.717) is 38.5 Å². The van der Waals surface area contributed by atoms with E-state index in [-0.39, 0.29) is 15.9 Å². The zero-order valence-electron chi connectivity index (χ0n) is 16.8. The molecule has 0 radical (unpaired) electrons. The Morgan fingerprint density at radius 3 is 2.61 bits per heavy atom. The van der Waals surface area contributed by atoms with Gasteiger partial charge < -0.3 is 10.3 Å². The highest BCUT2D eigenvalue weighted by molar-refractivity contribution is 6.35. The summed E-state index contributed by atoms with van der Waals surface area (Å²) < 4.78 is 15.5. The quantitative estimate of drug-likeness (QED) is 0.343. The van der Waals surface area contributed by atoms with Crippen LogP contribution in [0.15, 0.2) is 47.8 Å². The molecule has 1 atom stereocenters. The molecule has 2 N–H and O–H groups in total. The highest BCUT2D eigenvalue weighted by Gasteiger charge is 2.22. The zero-order valence-corrected chi connectivity index (χ0v) is 19.0. The van der Waals surface area contributed by atoms with Crippen LogP contribution in [0.3, 0.4) is 0 Å². The van der Waals surface area contributed by atoms with E-state index in [4.69, 9.17) is 34.8 Å². The molecular weight excluding hydrogens is 492 g/mol. The van der Waals surface area contributed by atoms with Crippen molar-refractivity contribution in [1.29, 1.82) is 0 Å². The third-order valence-corrected chi connectivity index (χ3v) is 5.82. The number of imidazole rings is 1. The summed E-state index contributed by atoms with van der Waals surface area (Å²) in [5.74, 6) is 0.0197. The molecule has 0 aliphatic heterocycles. The highest BCUT2D eigenvalue weighted by Crippen LogP contribution is 2.29. The molecule has 0 fully saturated rings. The summed E-state index contributed by atoms with van der Waals surface area (Å²) in [6, 6.07) is 6.66. The lowest BCUT2D eigenvalue weighted by Gasteiger charge is -2.20. The molecule has 3 heterocycles. The van der Waals surface area contributed by atoms with Crippen molar-refractivity contribution in [2.75, 3.05) is 5.32 Å². The normalized spacial score (nSPS) is 12.4. The predicted molar refractivity (Wildman–Crippen MR) is 126 cm³/mol. The van der Waals surface area contributed by atoms with Crippen molar-refractivity contribution in [2.45, 2.75) is 13.0 Å². The van der Waals surface area contributed by atoms with Crippen molar-refractivity contribution in [1.82, 2.24) is 29.5 Å². The topological polar surface area (TPSA) is 101 Å². The van der Waals surface area contributed by atoms with Crippen LogP contribution in [-0.4, -0.2) is 29.5 Å². The van der Waals surface area contributed by atoms with Crippen molar-refractivity contribution >= 4 is 62.7 Å². The summed E-state index contributed by atoms with van der Waals surface area (Å²) in [6.45, 7) is 1.79. The Bertz CT molecular complexity index is 1580. The number of hydrogen-bond donors (Lipinski definition) is 2. The molecule has 0 saturated carbocycles. The van der Waals surface area contributed by atoms with Gasteiger partial charge in [0, 0.05) is 10.0 Å². The fourth-order valence-corrected chi connectivity index (χ4v) is 4.33. The molecule has 1 unspecified atom stereocenters. The van der Waals surface area contributed by atoms with Gasteiger partial charge >= 0.3 is 0 Å². The summed E-state index contributed by atoms with van der Waals surface area (Å²) in [4.78, 5) is 33.7. The number of aromatic nitrogens is 6. The van der Waals surface area contributed by atoms with E-state index in [9.17, 15) is 9.18 Å². The minimum atomic E-state index is -0.723. The summed E-state index contributed by atoms with van der Waals surface area (Å²) in [7, 11) is 0. The van der Waals surface area contributed by atoms with Gasteiger partial charge in [0.05, 0.1) is 34.0 Å². The van der Waals surface area contributed by atoms with Crippen LogP contribution in [0, 0.1) is 5.82 Å². The van der Waals surface area contributed by atoms with Gasteiger partial charge in [-0.1, -0.05) is 34.8 Å². The van der Waals surface area contributed by atoms with Gasteiger partial charge in [0.1, 0.15) is 23.5 Å². The Morgan fingerprint density at radius 2 is 1.85 bits per heavy atom. The van der Waals surface area contributed by atoms with Crippen molar-refractivity contribution in [3.05, 3.63) is 80.0 Å². The van der Waals surface area contributed by atoms with Crippen LogP contribution in [0.25, 0.3) is 27.8 Å². The summed E-state index contributed by atoms with van der Waals surface area (Å²) in [5.41, 5.74) is 1.09. The summed E-state index contributed by atoms with van der Waals surface area (Å²) >= 11 is 18.5. The molecule has 0 aliphatic carbocycles. The molecule has 5 rings (SSSR count). The first-order valence-corrected chi connectivity index (χ1v) is 10.7. The molecule has 0 spiro atoms. The Kier molecular flexibility index (Phi) is 5.40. The molecule has 0 bridgehead atoms. The van der Waals surface area contributed by atoms with Crippen molar-refractivity contribution in [3.63, 3.8) is 0 Å². The van der Waals surface area contributed by atoms with E-state index in [0.717, 1.165) is 6.07 Å². The lowest BCUT2D eigenvalue weighted by atomic mass is 10.2. The molecule has 2 aromatic carbocycles. The van der Waals surface area contributed by atoms with E-state index in [2.05, 4.69) is 30.2 Å². The van der Waals surface area contributed by atoms with Gasteiger partial charge in [-0.3, -0.25) is 9.36 Å². The van der Waals surface area contributed by atoms with Gasteiger partial charge in [-0.2, -0.15) is 0 Å². The minimum absolute atomic E-state index is 0.0551. The summed E-state index contributed by atoms with van der Waals surface area (Å²) in [6.07, 6.45) is 2.89. The molecule has 166 valence electrons. The van der Waals surface area contributed by atoms with Gasteiger partial charge in [-0.15, -0.1) is 0 Å². The maximum Gasteiger partial charge on any atom is 0.267 e. The molecule has 33 heavy (non-hydrogen) atoms. The number of nitrogens with one attached hydrogen (secondary N) is 2. The monoisotopic (exact) mass is 503 g/mol. The Balaban J connectivity index is 1.75. The smallest absolute Gasteiger partial charge is 0.267 e. The second kappa shape index (κ2) is 8.26. The molecule has 0 amide bonds. The molecule has 5 aromatic rings. The predicted octanol–water partition coefficient (Wildman–Crippen LogP) is 5.32. The third kappa shape index (κ3) is 3.78. The number of halogens is 4. The van der Waals surface area contributed by atoms with Crippen LogP contribution < -0.4 is 10.9 Å². The summed E-state index contributed by atoms with van der Waals surface area (Å²) in [5, 5.41) is 3.48. The Hall–Kier alpha value is -3.27. The minimum Gasteiger partial charge on any atom is -0.358 e. The number of benzene rings is 2. The van der Waals surface area contributed by atoms with Gasteiger partial charge in [0.2, 0.25) is 0 Å². The molecule has 0 saturated heterocycles. The van der Waals surface area contributed by atoms with Crippen LogP contribution in [0.1, 0.15) is 18.8 Å². The number of anilines is 1. The van der Waals surface area contributed by atoms with Gasteiger partial charge in [0.15, 0.2) is 11.5 Å². The van der Waals surface area contributed by atoms with E-state index in [1.807, 2.05) is 0 Å². The number of aromatic amines is 1. The third-order valence-electron chi connectivity index (χ3n) is 5.02. The van der Waals surface area contributed by atoms with Gasteiger partial charge in [0.25, 0.3) is 5.56 Å². The van der Waals surface area contributed by atoms with Crippen LogP contribution >= 0.6 is 34.8 Å². The Labute approximate surface area is 200 Å². The largest absolute Gasteiger partial charge is 0.358 e. The number of nitrogens with zero attached hydrogens (tertiary/aromatic N) is 5. The molecular formula is C21H13Cl3FN7O. The lowest BCUT2D eigenvalue weighted by molar-refractivity contribution is 0.629.